The van der Waals surface area contributed by atoms with Crippen LogP contribution >= 0.6 is 11.6 Å². The lowest BCUT2D eigenvalue weighted by molar-refractivity contribution is -0.132. The molecule has 2 aliphatic heterocycles. The van der Waals surface area contributed by atoms with Gasteiger partial charge in [-0.05, 0) is 55.0 Å². The fraction of sp³-hybridized carbons (Fsp3) is 0.440. The molecule has 4 rings (SSSR count). The molecule has 2 aliphatic rings. The van der Waals surface area contributed by atoms with E-state index in [0.29, 0.717) is 36.2 Å². The fourth-order valence-electron chi connectivity index (χ4n) is 4.69. The summed E-state index contributed by atoms with van der Waals surface area (Å²) >= 11 is 6.89. The first-order valence-corrected chi connectivity index (χ1v) is 11.5. The number of methoxy groups -OCH3 is 2. The zero-order chi connectivity index (χ0) is 23.6. The van der Waals surface area contributed by atoms with E-state index in [1.54, 1.807) is 19.1 Å². The summed E-state index contributed by atoms with van der Waals surface area (Å²) in [6.45, 7) is 3.17. The minimum Gasteiger partial charge on any atom is -0.493 e. The molecule has 2 N–H and O–H groups in total. The van der Waals surface area contributed by atoms with Gasteiger partial charge in [0.15, 0.2) is 17.5 Å². The number of guanidine groups is 1. The van der Waals surface area contributed by atoms with E-state index in [9.17, 15) is 4.79 Å². The molecule has 1 amide bonds. The third-order valence-corrected chi connectivity index (χ3v) is 6.88. The van der Waals surface area contributed by atoms with Gasteiger partial charge in [0.1, 0.15) is 0 Å². The predicted molar refractivity (Wildman–Crippen MR) is 128 cm³/mol. The van der Waals surface area contributed by atoms with Crippen molar-refractivity contribution >= 4 is 23.5 Å². The first kappa shape index (κ1) is 23.4. The monoisotopic (exact) mass is 471 g/mol. The summed E-state index contributed by atoms with van der Waals surface area (Å²) in [5.41, 5.74) is 8.27. The average molecular weight is 472 g/mol. The molecule has 176 valence electrons. The smallest absolute Gasteiger partial charge is 0.232 e. The van der Waals surface area contributed by atoms with Crippen LogP contribution in [-0.4, -0.2) is 50.2 Å². The summed E-state index contributed by atoms with van der Waals surface area (Å²) < 4.78 is 16.2. The Hall–Kier alpha value is -2.77. The number of carbonyl (C=O) groups excluding carboxylic acids is 1. The highest BCUT2D eigenvalue weighted by Crippen LogP contribution is 2.40. The van der Waals surface area contributed by atoms with E-state index in [2.05, 4.69) is 0 Å². The highest BCUT2D eigenvalue weighted by Gasteiger charge is 2.41. The molecule has 8 heteroatoms. The minimum absolute atomic E-state index is 0.0294. The summed E-state index contributed by atoms with van der Waals surface area (Å²) in [6.07, 6.45) is 2.34. The highest BCUT2D eigenvalue weighted by molar-refractivity contribution is 6.32. The molecule has 7 nitrogen and oxygen atoms in total. The molecule has 2 aromatic rings. The van der Waals surface area contributed by atoms with Crippen LogP contribution in [-0.2, 0) is 21.5 Å². The van der Waals surface area contributed by atoms with Crippen molar-refractivity contribution in [2.24, 2.45) is 10.7 Å². The van der Waals surface area contributed by atoms with Crippen molar-refractivity contribution in [3.63, 3.8) is 0 Å². The number of amides is 1. The van der Waals surface area contributed by atoms with Crippen LogP contribution in [0, 0.1) is 0 Å². The number of nitrogens with two attached hydrogens (primary N) is 1. The number of halogens is 1. The van der Waals surface area contributed by atoms with Crippen LogP contribution in [0.2, 0.25) is 5.02 Å². The van der Waals surface area contributed by atoms with E-state index in [0.717, 1.165) is 29.5 Å². The number of hydrogen-bond donors (Lipinski definition) is 1. The van der Waals surface area contributed by atoms with Crippen molar-refractivity contribution in [2.75, 3.05) is 27.4 Å². The van der Waals surface area contributed by atoms with Crippen LogP contribution in [0.5, 0.6) is 11.5 Å². The van der Waals surface area contributed by atoms with E-state index in [4.69, 9.17) is 36.5 Å². The minimum atomic E-state index is -0.826. The van der Waals surface area contributed by atoms with E-state index >= 15 is 0 Å². The molecule has 0 saturated carbocycles. The van der Waals surface area contributed by atoms with Crippen molar-refractivity contribution in [1.29, 1.82) is 0 Å². The Labute approximate surface area is 199 Å². The number of carbonyl (C=O) groups is 1. The molecule has 2 heterocycles. The number of nitrogens with zero attached hydrogens (tertiary/aromatic N) is 2. The largest absolute Gasteiger partial charge is 0.493 e. The standard InChI is InChI=1S/C25H30ClN3O4/c1-25(15-22(30)29(24(27)28-25)18-9-11-33-12-10-18)19-6-4-5-17(23(19)26)13-16-7-8-20(31-2)21(14-16)32-3/h4-8,14,18H,9-13,15H2,1-3H3,(H2,27,28)/t25-/m0/s1. The van der Waals surface area contributed by atoms with Gasteiger partial charge in [-0.3, -0.25) is 9.69 Å². The van der Waals surface area contributed by atoms with Crippen LogP contribution < -0.4 is 15.2 Å². The Morgan fingerprint density at radius 1 is 1.18 bits per heavy atom. The van der Waals surface area contributed by atoms with Crippen LogP contribution in [0.1, 0.15) is 42.9 Å². The Morgan fingerprint density at radius 3 is 2.58 bits per heavy atom. The van der Waals surface area contributed by atoms with Crippen molar-refractivity contribution in [1.82, 2.24) is 4.90 Å². The van der Waals surface area contributed by atoms with Gasteiger partial charge in [-0.2, -0.15) is 0 Å². The van der Waals surface area contributed by atoms with Gasteiger partial charge in [-0.1, -0.05) is 35.9 Å². The maximum absolute atomic E-state index is 13.2. The summed E-state index contributed by atoms with van der Waals surface area (Å²) in [5, 5.41) is 0.596. The van der Waals surface area contributed by atoms with Gasteiger partial charge < -0.3 is 19.9 Å². The second kappa shape index (κ2) is 9.61. The van der Waals surface area contributed by atoms with Gasteiger partial charge in [-0.25, -0.2) is 4.99 Å². The molecule has 0 spiro atoms. The van der Waals surface area contributed by atoms with Crippen molar-refractivity contribution in [3.05, 3.63) is 58.1 Å². The average Bonchev–Trinajstić information content (AvgIpc) is 2.80. The van der Waals surface area contributed by atoms with Crippen molar-refractivity contribution in [2.45, 2.75) is 44.2 Å². The fourth-order valence-corrected chi connectivity index (χ4v) is 5.08. The van der Waals surface area contributed by atoms with Crippen LogP contribution in [0.25, 0.3) is 0 Å². The summed E-state index contributed by atoms with van der Waals surface area (Å²) in [4.78, 5) is 19.6. The van der Waals surface area contributed by atoms with E-state index in [1.807, 2.05) is 43.3 Å². The number of hydrogen-bond acceptors (Lipinski definition) is 6. The van der Waals surface area contributed by atoms with Gasteiger partial charge in [-0.15, -0.1) is 0 Å². The van der Waals surface area contributed by atoms with Gasteiger partial charge in [0.25, 0.3) is 0 Å². The predicted octanol–water partition coefficient (Wildman–Crippen LogP) is 3.89. The lowest BCUT2D eigenvalue weighted by Gasteiger charge is -2.40. The van der Waals surface area contributed by atoms with E-state index < -0.39 is 5.54 Å². The Bertz CT molecular complexity index is 1070. The number of ether oxygens (including phenoxy) is 3. The second-order valence-electron chi connectivity index (χ2n) is 8.67. The van der Waals surface area contributed by atoms with Crippen LogP contribution in [0.15, 0.2) is 41.4 Å². The third-order valence-electron chi connectivity index (χ3n) is 6.43. The van der Waals surface area contributed by atoms with Crippen molar-refractivity contribution in [3.8, 4) is 11.5 Å². The summed E-state index contributed by atoms with van der Waals surface area (Å²) in [6, 6.07) is 11.7. The molecule has 2 aromatic carbocycles. The molecular weight excluding hydrogens is 442 g/mol. The van der Waals surface area contributed by atoms with Gasteiger partial charge in [0.2, 0.25) is 5.91 Å². The highest BCUT2D eigenvalue weighted by atomic mass is 35.5. The third kappa shape index (κ3) is 4.66. The maximum atomic E-state index is 13.2. The molecular formula is C25H30ClN3O4. The lowest BCUT2D eigenvalue weighted by Crippen LogP contribution is -2.55. The Morgan fingerprint density at radius 2 is 1.91 bits per heavy atom. The molecule has 0 aromatic heterocycles. The molecule has 0 radical (unpaired) electrons. The number of benzene rings is 2. The van der Waals surface area contributed by atoms with E-state index in [1.165, 1.54) is 0 Å². The van der Waals surface area contributed by atoms with E-state index in [-0.39, 0.29) is 24.3 Å². The molecule has 0 bridgehead atoms. The van der Waals surface area contributed by atoms with Crippen LogP contribution in [0.4, 0.5) is 0 Å². The maximum Gasteiger partial charge on any atom is 0.232 e. The molecule has 0 unspecified atom stereocenters. The lowest BCUT2D eigenvalue weighted by atomic mass is 9.85. The molecule has 33 heavy (non-hydrogen) atoms. The van der Waals surface area contributed by atoms with Gasteiger partial charge >= 0.3 is 0 Å². The van der Waals surface area contributed by atoms with Gasteiger partial charge in [0.05, 0.1) is 26.2 Å². The SMILES string of the molecule is COc1ccc(Cc2cccc([C@]3(C)CC(=O)N(C4CCOCC4)C(N)=N3)c2Cl)cc1OC. The quantitative estimate of drug-likeness (QED) is 0.690. The molecule has 1 atom stereocenters. The zero-order valence-corrected chi connectivity index (χ0v) is 20.0. The summed E-state index contributed by atoms with van der Waals surface area (Å²) in [7, 11) is 3.22. The number of rotatable bonds is 6. The Kier molecular flexibility index (Phi) is 6.81. The first-order valence-electron chi connectivity index (χ1n) is 11.1. The van der Waals surface area contributed by atoms with Gasteiger partial charge in [0, 0.05) is 24.3 Å². The Balaban J connectivity index is 1.63. The normalized spacial score (nSPS) is 21.6. The second-order valence-corrected chi connectivity index (χ2v) is 9.05. The molecule has 1 fully saturated rings. The number of aliphatic imine (C=N–C) groups is 1. The van der Waals surface area contributed by atoms with Crippen LogP contribution in [0.3, 0.4) is 0 Å². The molecule has 0 aliphatic carbocycles. The topological polar surface area (TPSA) is 86.4 Å². The zero-order valence-electron chi connectivity index (χ0n) is 19.3. The first-order chi connectivity index (χ1) is 15.9. The summed E-state index contributed by atoms with van der Waals surface area (Å²) in [5.74, 6) is 1.56. The molecule has 1 saturated heterocycles. The van der Waals surface area contributed by atoms with Crippen molar-refractivity contribution < 1.29 is 19.0 Å².